The van der Waals surface area contributed by atoms with Crippen LogP contribution in [-0.2, 0) is 16.0 Å². The predicted molar refractivity (Wildman–Crippen MR) is 116 cm³/mol. The number of carbonyl (C=O) groups excluding carboxylic acids is 2. The average molecular weight is 427 g/mol. The largest absolute Gasteiger partial charge is 0.507 e. The Morgan fingerprint density at radius 2 is 1.90 bits per heavy atom. The van der Waals surface area contributed by atoms with Gasteiger partial charge in [0.1, 0.15) is 5.75 Å². The Morgan fingerprint density at radius 3 is 2.53 bits per heavy atom. The van der Waals surface area contributed by atoms with E-state index < -0.39 is 5.91 Å². The Labute approximate surface area is 179 Å². The number of benzene rings is 2. The topological polar surface area (TPSA) is 94.6 Å². The molecule has 30 heavy (non-hydrogen) atoms. The van der Waals surface area contributed by atoms with Gasteiger partial charge >= 0.3 is 5.97 Å². The molecule has 3 rings (SSSR count). The molecular weight excluding hydrogens is 404 g/mol. The Hall–Kier alpha value is -3.25. The van der Waals surface area contributed by atoms with Crippen LogP contribution in [0, 0.1) is 6.92 Å². The van der Waals surface area contributed by atoms with Crippen LogP contribution in [0.5, 0.6) is 5.75 Å². The molecular formula is C23H23ClN2O4. The second-order valence-electron chi connectivity index (χ2n) is 6.88. The molecule has 0 atom stereocenters. The molecule has 0 radical (unpaired) electrons. The predicted octanol–water partition coefficient (Wildman–Crippen LogP) is 4.41. The highest BCUT2D eigenvalue weighted by Crippen LogP contribution is 2.35. The van der Waals surface area contributed by atoms with Gasteiger partial charge in [-0.05, 0) is 74.4 Å². The first-order chi connectivity index (χ1) is 14.3. The third kappa shape index (κ3) is 4.49. The molecule has 0 unspecified atom stereocenters. The number of rotatable bonds is 7. The molecule has 0 saturated carbocycles. The van der Waals surface area contributed by atoms with Crippen LogP contribution in [0.15, 0.2) is 48.5 Å². The second kappa shape index (κ2) is 9.05. The highest BCUT2D eigenvalue weighted by atomic mass is 35.5. The third-order valence-corrected chi connectivity index (χ3v) is 5.05. The van der Waals surface area contributed by atoms with Crippen LogP contribution in [-0.4, -0.2) is 28.2 Å². The maximum Gasteiger partial charge on any atom is 0.306 e. The number of aryl methyl sites for hydroxylation is 2. The molecule has 1 amide bonds. The third-order valence-electron chi connectivity index (χ3n) is 4.81. The van der Waals surface area contributed by atoms with Crippen LogP contribution in [0.3, 0.4) is 0 Å². The van der Waals surface area contributed by atoms with Gasteiger partial charge in [0, 0.05) is 27.5 Å². The number of halogens is 1. The number of primary amides is 1. The number of nitrogens with zero attached hydrogens (tertiary/aromatic N) is 1. The van der Waals surface area contributed by atoms with E-state index in [4.69, 9.17) is 22.1 Å². The fourth-order valence-electron chi connectivity index (χ4n) is 3.41. The molecule has 2 aromatic carbocycles. The first kappa shape index (κ1) is 21.5. The number of aromatic nitrogens is 1. The van der Waals surface area contributed by atoms with E-state index in [2.05, 4.69) is 0 Å². The lowest BCUT2D eigenvalue weighted by molar-refractivity contribution is -0.143. The van der Waals surface area contributed by atoms with Crippen molar-refractivity contribution in [3.63, 3.8) is 0 Å². The van der Waals surface area contributed by atoms with Gasteiger partial charge < -0.3 is 20.1 Å². The van der Waals surface area contributed by atoms with E-state index in [0.717, 1.165) is 22.6 Å². The Bertz CT molecular complexity index is 1100. The quantitative estimate of drug-likeness (QED) is 0.547. The number of phenolic OH excluding ortho intramolecular Hbond substituents is 1. The molecule has 1 heterocycles. The summed E-state index contributed by atoms with van der Waals surface area (Å²) in [5.74, 6) is -0.734. The van der Waals surface area contributed by atoms with Crippen molar-refractivity contribution in [3.05, 3.63) is 70.4 Å². The van der Waals surface area contributed by atoms with Crippen molar-refractivity contribution in [1.29, 1.82) is 0 Å². The maximum absolute atomic E-state index is 11.9. The van der Waals surface area contributed by atoms with Crippen molar-refractivity contribution in [2.75, 3.05) is 6.61 Å². The maximum atomic E-state index is 11.9. The van der Waals surface area contributed by atoms with E-state index in [1.54, 1.807) is 37.3 Å². The number of aromatic hydroxyl groups is 1. The number of ether oxygens (including phenoxy) is 1. The van der Waals surface area contributed by atoms with Crippen molar-refractivity contribution in [2.45, 2.75) is 26.7 Å². The average Bonchev–Trinajstić information content (AvgIpc) is 3.10. The molecule has 0 spiro atoms. The van der Waals surface area contributed by atoms with Crippen molar-refractivity contribution in [1.82, 2.24) is 4.57 Å². The molecule has 0 saturated heterocycles. The molecule has 3 N–H and O–H groups in total. The molecule has 156 valence electrons. The van der Waals surface area contributed by atoms with Gasteiger partial charge in [-0.25, -0.2) is 0 Å². The first-order valence-electron chi connectivity index (χ1n) is 9.57. The number of nitrogens with two attached hydrogens (primary N) is 1. The number of phenols is 1. The fraction of sp³-hybridized carbons (Fsp3) is 0.217. The van der Waals surface area contributed by atoms with Crippen molar-refractivity contribution >= 4 is 23.5 Å². The number of amides is 1. The van der Waals surface area contributed by atoms with Gasteiger partial charge in [-0.2, -0.15) is 0 Å². The normalized spacial score (nSPS) is 10.8. The van der Waals surface area contributed by atoms with Crippen LogP contribution in [0.25, 0.3) is 16.9 Å². The Balaban J connectivity index is 2.13. The summed E-state index contributed by atoms with van der Waals surface area (Å²) in [5.41, 5.74) is 9.65. The monoisotopic (exact) mass is 426 g/mol. The molecule has 0 aliphatic rings. The standard InChI is InChI=1S/C23H23ClN2O4/c1-3-30-22(28)11-7-17-6-10-20(18-8-5-16(24)13-21(18)27)26(17)19-9-4-15(23(25)29)12-14(19)2/h4-6,8-10,12-13,27H,3,7,11H2,1-2H3,(H2,25,29). The SMILES string of the molecule is CCOC(=O)CCc1ccc(-c2ccc(Cl)cc2O)n1-c1ccc(C(N)=O)cc1C. The fourth-order valence-corrected chi connectivity index (χ4v) is 3.58. The molecule has 1 aromatic heterocycles. The summed E-state index contributed by atoms with van der Waals surface area (Å²) >= 11 is 5.99. The van der Waals surface area contributed by atoms with Crippen LogP contribution in [0.2, 0.25) is 5.02 Å². The van der Waals surface area contributed by atoms with Crippen LogP contribution in [0.4, 0.5) is 0 Å². The van der Waals surface area contributed by atoms with Crippen molar-refractivity contribution < 1.29 is 19.4 Å². The van der Waals surface area contributed by atoms with E-state index in [0.29, 0.717) is 29.2 Å². The highest BCUT2D eigenvalue weighted by Gasteiger charge is 2.18. The number of carbonyl (C=O) groups is 2. The van der Waals surface area contributed by atoms with E-state index in [9.17, 15) is 14.7 Å². The van der Waals surface area contributed by atoms with Gasteiger partial charge in [0.15, 0.2) is 0 Å². The minimum Gasteiger partial charge on any atom is -0.507 e. The minimum atomic E-state index is -0.504. The van der Waals surface area contributed by atoms with Crippen LogP contribution >= 0.6 is 11.6 Å². The zero-order chi connectivity index (χ0) is 21.8. The summed E-state index contributed by atoms with van der Waals surface area (Å²) in [6.45, 7) is 3.98. The van der Waals surface area contributed by atoms with E-state index >= 15 is 0 Å². The summed E-state index contributed by atoms with van der Waals surface area (Å²) < 4.78 is 7.01. The van der Waals surface area contributed by atoms with Crippen molar-refractivity contribution in [3.8, 4) is 22.7 Å². The van der Waals surface area contributed by atoms with Gasteiger partial charge in [0.2, 0.25) is 5.91 Å². The van der Waals surface area contributed by atoms with Crippen LogP contribution < -0.4 is 5.73 Å². The molecule has 0 fully saturated rings. The first-order valence-corrected chi connectivity index (χ1v) is 9.95. The Morgan fingerprint density at radius 1 is 1.13 bits per heavy atom. The molecule has 7 heteroatoms. The lowest BCUT2D eigenvalue weighted by Crippen LogP contribution is -2.12. The molecule has 0 bridgehead atoms. The lowest BCUT2D eigenvalue weighted by Gasteiger charge is -2.17. The Kier molecular flexibility index (Phi) is 6.47. The summed E-state index contributed by atoms with van der Waals surface area (Å²) in [4.78, 5) is 23.4. The van der Waals surface area contributed by atoms with Gasteiger partial charge in [-0.3, -0.25) is 9.59 Å². The molecule has 0 aliphatic heterocycles. The zero-order valence-corrected chi connectivity index (χ0v) is 17.6. The lowest BCUT2D eigenvalue weighted by atomic mass is 10.1. The molecule has 6 nitrogen and oxygen atoms in total. The van der Waals surface area contributed by atoms with Gasteiger partial charge in [0.05, 0.1) is 18.7 Å². The number of esters is 1. The second-order valence-corrected chi connectivity index (χ2v) is 7.31. The number of hydrogen-bond donors (Lipinski definition) is 2. The number of hydrogen-bond acceptors (Lipinski definition) is 4. The van der Waals surface area contributed by atoms with E-state index in [1.807, 2.05) is 23.6 Å². The molecule has 3 aromatic rings. The van der Waals surface area contributed by atoms with Gasteiger partial charge in [-0.1, -0.05) is 11.6 Å². The summed E-state index contributed by atoms with van der Waals surface area (Å²) in [5, 5.41) is 10.9. The highest BCUT2D eigenvalue weighted by molar-refractivity contribution is 6.30. The minimum absolute atomic E-state index is 0.0465. The summed E-state index contributed by atoms with van der Waals surface area (Å²) in [6.07, 6.45) is 0.673. The van der Waals surface area contributed by atoms with Gasteiger partial charge in [-0.15, -0.1) is 0 Å². The summed E-state index contributed by atoms with van der Waals surface area (Å²) in [6, 6.07) is 13.9. The smallest absolute Gasteiger partial charge is 0.306 e. The van der Waals surface area contributed by atoms with Gasteiger partial charge in [0.25, 0.3) is 0 Å². The molecule has 0 aliphatic carbocycles. The zero-order valence-electron chi connectivity index (χ0n) is 16.8. The van der Waals surface area contributed by atoms with E-state index in [1.165, 1.54) is 6.07 Å². The summed E-state index contributed by atoms with van der Waals surface area (Å²) in [7, 11) is 0. The van der Waals surface area contributed by atoms with Crippen LogP contribution in [0.1, 0.15) is 35.0 Å². The van der Waals surface area contributed by atoms with Crippen molar-refractivity contribution in [2.24, 2.45) is 5.73 Å². The van der Waals surface area contributed by atoms with E-state index in [-0.39, 0.29) is 18.1 Å².